The van der Waals surface area contributed by atoms with Crippen molar-refractivity contribution in [3.05, 3.63) is 59.5 Å². The summed E-state index contributed by atoms with van der Waals surface area (Å²) in [7, 11) is 0. The van der Waals surface area contributed by atoms with E-state index in [1.165, 1.54) is 11.3 Å². The van der Waals surface area contributed by atoms with E-state index in [0.29, 0.717) is 28.0 Å². The molecule has 134 valence electrons. The lowest BCUT2D eigenvalue weighted by Gasteiger charge is -2.08. The van der Waals surface area contributed by atoms with Crippen molar-refractivity contribution >= 4 is 28.1 Å². The number of carbonyl (C=O) groups is 1. The van der Waals surface area contributed by atoms with Gasteiger partial charge in [0, 0.05) is 11.3 Å². The van der Waals surface area contributed by atoms with E-state index in [1.54, 1.807) is 0 Å². The summed E-state index contributed by atoms with van der Waals surface area (Å²) in [6.45, 7) is 2.82. The second-order valence-corrected chi connectivity index (χ2v) is 6.81. The molecule has 0 unspecified atom stereocenters. The Hall–Kier alpha value is -2.86. The highest BCUT2D eigenvalue weighted by Crippen LogP contribution is 2.30. The van der Waals surface area contributed by atoms with Crippen LogP contribution in [0.1, 0.15) is 29.4 Å². The van der Waals surface area contributed by atoms with Crippen molar-refractivity contribution in [3.8, 4) is 17.0 Å². The van der Waals surface area contributed by atoms with E-state index >= 15 is 0 Å². The molecule has 6 heteroatoms. The van der Waals surface area contributed by atoms with E-state index < -0.39 is 0 Å². The van der Waals surface area contributed by atoms with Gasteiger partial charge in [-0.05, 0) is 30.7 Å². The Morgan fingerprint density at radius 1 is 1.15 bits per heavy atom. The zero-order valence-corrected chi connectivity index (χ0v) is 15.4. The molecular weight excluding hydrogens is 346 g/mol. The Bertz CT molecular complexity index is 861. The number of nitrogen functional groups attached to an aromatic ring is 1. The maximum atomic E-state index is 12.7. The molecule has 0 aliphatic heterocycles. The third-order valence-electron chi connectivity index (χ3n) is 3.78. The largest absolute Gasteiger partial charge is 0.494 e. The number of anilines is 2. The minimum absolute atomic E-state index is 0.224. The average Bonchev–Trinajstić information content (AvgIpc) is 3.06. The second kappa shape index (κ2) is 8.49. The topological polar surface area (TPSA) is 77.2 Å². The molecule has 1 aromatic heterocycles. The van der Waals surface area contributed by atoms with Gasteiger partial charge in [-0.1, -0.05) is 55.0 Å². The van der Waals surface area contributed by atoms with Crippen molar-refractivity contribution in [3.63, 3.8) is 0 Å². The lowest BCUT2D eigenvalue weighted by Crippen LogP contribution is -2.11. The molecule has 0 fully saturated rings. The second-order valence-electron chi connectivity index (χ2n) is 5.78. The molecule has 0 radical (unpaired) electrons. The standard InChI is InChI=1S/C20H21N3O2S/c1-2-3-13-25-16-11-9-15(10-12-16)22-19(24)18-17(23-20(21)26-18)14-7-5-4-6-8-14/h4-12H,2-3,13H2,1H3,(H2,21,23)(H,22,24). The van der Waals surface area contributed by atoms with Gasteiger partial charge in [0.1, 0.15) is 10.6 Å². The van der Waals surface area contributed by atoms with E-state index in [1.807, 2.05) is 54.6 Å². The highest BCUT2D eigenvalue weighted by Gasteiger charge is 2.18. The van der Waals surface area contributed by atoms with Gasteiger partial charge < -0.3 is 15.8 Å². The molecule has 0 saturated heterocycles. The van der Waals surface area contributed by atoms with Crippen LogP contribution in [0.25, 0.3) is 11.3 Å². The molecule has 0 atom stereocenters. The molecule has 2 aromatic carbocycles. The van der Waals surface area contributed by atoms with Crippen molar-refractivity contribution in [1.82, 2.24) is 4.98 Å². The molecule has 0 aliphatic rings. The number of ether oxygens (including phenoxy) is 1. The van der Waals surface area contributed by atoms with Crippen molar-refractivity contribution < 1.29 is 9.53 Å². The molecule has 0 saturated carbocycles. The number of thiazole rings is 1. The van der Waals surface area contributed by atoms with E-state index in [4.69, 9.17) is 10.5 Å². The van der Waals surface area contributed by atoms with Crippen LogP contribution in [0.4, 0.5) is 10.8 Å². The highest BCUT2D eigenvalue weighted by atomic mass is 32.1. The van der Waals surface area contributed by atoms with Crippen molar-refractivity contribution in [2.75, 3.05) is 17.7 Å². The summed E-state index contributed by atoms with van der Waals surface area (Å²) in [5.41, 5.74) is 8.00. The lowest BCUT2D eigenvalue weighted by molar-refractivity contribution is 0.103. The molecule has 1 heterocycles. The van der Waals surface area contributed by atoms with Gasteiger partial charge in [-0.25, -0.2) is 4.98 Å². The van der Waals surface area contributed by atoms with Gasteiger partial charge in [0.25, 0.3) is 5.91 Å². The first kappa shape index (κ1) is 17.9. The molecule has 0 bridgehead atoms. The number of hydrogen-bond acceptors (Lipinski definition) is 5. The van der Waals surface area contributed by atoms with Crippen LogP contribution in [0.5, 0.6) is 5.75 Å². The summed E-state index contributed by atoms with van der Waals surface area (Å²) in [6.07, 6.45) is 2.11. The number of nitrogens with one attached hydrogen (secondary N) is 1. The van der Waals surface area contributed by atoms with Crippen LogP contribution in [-0.2, 0) is 0 Å². The molecule has 0 spiro atoms. The number of amides is 1. The maximum Gasteiger partial charge on any atom is 0.268 e. The monoisotopic (exact) mass is 367 g/mol. The average molecular weight is 367 g/mol. The Balaban J connectivity index is 1.73. The van der Waals surface area contributed by atoms with Gasteiger partial charge in [-0.3, -0.25) is 4.79 Å². The van der Waals surface area contributed by atoms with Crippen LogP contribution < -0.4 is 15.8 Å². The quantitative estimate of drug-likeness (QED) is 0.587. The van der Waals surface area contributed by atoms with Crippen LogP contribution in [0.15, 0.2) is 54.6 Å². The van der Waals surface area contributed by atoms with Gasteiger partial charge in [-0.2, -0.15) is 0 Å². The van der Waals surface area contributed by atoms with E-state index in [9.17, 15) is 4.79 Å². The van der Waals surface area contributed by atoms with Gasteiger partial charge in [0.15, 0.2) is 5.13 Å². The Kier molecular flexibility index (Phi) is 5.86. The minimum atomic E-state index is -0.224. The zero-order chi connectivity index (χ0) is 18.4. The molecule has 3 aromatic rings. The van der Waals surface area contributed by atoms with Gasteiger partial charge in [-0.15, -0.1) is 0 Å². The number of unbranched alkanes of at least 4 members (excludes halogenated alkanes) is 1. The molecule has 5 nitrogen and oxygen atoms in total. The fraction of sp³-hybridized carbons (Fsp3) is 0.200. The van der Waals surface area contributed by atoms with Crippen molar-refractivity contribution in [1.29, 1.82) is 0 Å². The fourth-order valence-corrected chi connectivity index (χ4v) is 3.19. The van der Waals surface area contributed by atoms with E-state index in [0.717, 1.165) is 24.2 Å². The van der Waals surface area contributed by atoms with Crippen LogP contribution in [0.3, 0.4) is 0 Å². The predicted molar refractivity (Wildman–Crippen MR) is 107 cm³/mol. The Morgan fingerprint density at radius 2 is 1.88 bits per heavy atom. The van der Waals surface area contributed by atoms with Crippen LogP contribution in [0, 0.1) is 0 Å². The number of carbonyl (C=O) groups excluding carboxylic acids is 1. The summed E-state index contributed by atoms with van der Waals surface area (Å²) in [6, 6.07) is 16.9. The summed E-state index contributed by atoms with van der Waals surface area (Å²) in [5.74, 6) is 0.571. The first-order valence-electron chi connectivity index (χ1n) is 8.53. The molecular formula is C20H21N3O2S. The number of nitrogens with zero attached hydrogens (tertiary/aromatic N) is 1. The van der Waals surface area contributed by atoms with Gasteiger partial charge >= 0.3 is 0 Å². The maximum absolute atomic E-state index is 12.7. The molecule has 1 amide bonds. The third kappa shape index (κ3) is 4.40. The molecule has 26 heavy (non-hydrogen) atoms. The number of aromatic nitrogens is 1. The fourth-order valence-electron chi connectivity index (χ4n) is 2.44. The molecule has 3 N–H and O–H groups in total. The van der Waals surface area contributed by atoms with Crippen LogP contribution >= 0.6 is 11.3 Å². The van der Waals surface area contributed by atoms with Gasteiger partial charge in [0.05, 0.1) is 12.3 Å². The summed E-state index contributed by atoms with van der Waals surface area (Å²) in [4.78, 5) is 17.5. The summed E-state index contributed by atoms with van der Waals surface area (Å²) in [5, 5.41) is 3.27. The smallest absolute Gasteiger partial charge is 0.268 e. The molecule has 0 aliphatic carbocycles. The normalized spacial score (nSPS) is 10.5. The predicted octanol–water partition coefficient (Wildman–Crippen LogP) is 4.82. The Labute approximate surface area is 156 Å². The third-order valence-corrected chi connectivity index (χ3v) is 4.66. The Morgan fingerprint density at radius 3 is 2.58 bits per heavy atom. The lowest BCUT2D eigenvalue weighted by atomic mass is 10.1. The van der Waals surface area contributed by atoms with E-state index in [-0.39, 0.29) is 5.91 Å². The highest BCUT2D eigenvalue weighted by molar-refractivity contribution is 7.17. The zero-order valence-electron chi connectivity index (χ0n) is 14.6. The SMILES string of the molecule is CCCCOc1ccc(NC(=O)c2sc(N)nc2-c2ccccc2)cc1. The number of hydrogen-bond donors (Lipinski definition) is 2. The first-order valence-corrected chi connectivity index (χ1v) is 9.35. The van der Waals surface area contributed by atoms with Crippen molar-refractivity contribution in [2.45, 2.75) is 19.8 Å². The summed E-state index contributed by atoms with van der Waals surface area (Å²) < 4.78 is 5.63. The molecule has 3 rings (SSSR count). The number of rotatable bonds is 7. The number of benzene rings is 2. The number of nitrogens with two attached hydrogens (primary N) is 1. The summed E-state index contributed by atoms with van der Waals surface area (Å²) >= 11 is 1.18. The van der Waals surface area contributed by atoms with Crippen LogP contribution in [0.2, 0.25) is 0 Å². The minimum Gasteiger partial charge on any atom is -0.494 e. The van der Waals surface area contributed by atoms with E-state index in [2.05, 4.69) is 17.2 Å². The van der Waals surface area contributed by atoms with Crippen molar-refractivity contribution in [2.24, 2.45) is 0 Å². The van der Waals surface area contributed by atoms with Crippen LogP contribution in [-0.4, -0.2) is 17.5 Å². The first-order chi connectivity index (χ1) is 12.7. The van der Waals surface area contributed by atoms with Gasteiger partial charge in [0.2, 0.25) is 0 Å².